The van der Waals surface area contributed by atoms with E-state index in [2.05, 4.69) is 22.4 Å². The maximum Gasteiger partial charge on any atom is 0.242 e. The molecule has 1 aromatic heterocycles. The van der Waals surface area contributed by atoms with Gasteiger partial charge in [0.05, 0.1) is 6.04 Å². The SMILES string of the molecule is CCCC[C@H](N)C(=O)Nc1ccc(Cl)nn1. The zero-order valence-electron chi connectivity index (χ0n) is 9.11. The van der Waals surface area contributed by atoms with Crippen molar-refractivity contribution in [2.24, 2.45) is 5.73 Å². The van der Waals surface area contributed by atoms with E-state index in [1.807, 2.05) is 0 Å². The lowest BCUT2D eigenvalue weighted by molar-refractivity contribution is -0.117. The molecule has 6 heteroatoms. The summed E-state index contributed by atoms with van der Waals surface area (Å²) < 4.78 is 0. The van der Waals surface area contributed by atoms with Crippen LogP contribution in [0.1, 0.15) is 26.2 Å². The number of aromatic nitrogens is 2. The number of unbranched alkanes of at least 4 members (excludes halogenated alkanes) is 1. The maximum atomic E-state index is 11.6. The van der Waals surface area contributed by atoms with Gasteiger partial charge >= 0.3 is 0 Å². The molecule has 16 heavy (non-hydrogen) atoms. The van der Waals surface area contributed by atoms with Crippen LogP contribution in [0.25, 0.3) is 0 Å². The zero-order chi connectivity index (χ0) is 12.0. The summed E-state index contributed by atoms with van der Waals surface area (Å²) in [7, 11) is 0. The van der Waals surface area contributed by atoms with E-state index in [-0.39, 0.29) is 11.1 Å². The summed E-state index contributed by atoms with van der Waals surface area (Å²) in [6.07, 6.45) is 2.62. The summed E-state index contributed by atoms with van der Waals surface area (Å²) in [4.78, 5) is 11.6. The smallest absolute Gasteiger partial charge is 0.242 e. The van der Waals surface area contributed by atoms with Gasteiger partial charge in [-0.15, -0.1) is 10.2 Å². The molecule has 1 rings (SSSR count). The fraction of sp³-hybridized carbons (Fsp3) is 0.500. The molecular weight excluding hydrogens is 228 g/mol. The third-order valence-electron chi connectivity index (χ3n) is 2.09. The summed E-state index contributed by atoms with van der Waals surface area (Å²) >= 11 is 5.57. The van der Waals surface area contributed by atoms with Gasteiger partial charge in [-0.2, -0.15) is 0 Å². The molecule has 1 aromatic rings. The number of amides is 1. The number of rotatable bonds is 5. The van der Waals surface area contributed by atoms with Crippen molar-refractivity contribution in [2.75, 3.05) is 5.32 Å². The number of hydrogen-bond acceptors (Lipinski definition) is 4. The van der Waals surface area contributed by atoms with Gasteiger partial charge < -0.3 is 11.1 Å². The lowest BCUT2D eigenvalue weighted by Crippen LogP contribution is -2.35. The van der Waals surface area contributed by atoms with Crippen molar-refractivity contribution in [2.45, 2.75) is 32.2 Å². The standard InChI is InChI=1S/C10H15ClN4O/c1-2-3-4-7(12)10(16)13-9-6-5-8(11)14-15-9/h5-7H,2-4,12H2,1H3,(H,13,15,16)/t7-/m0/s1. The number of hydrogen-bond donors (Lipinski definition) is 2. The summed E-state index contributed by atoms with van der Waals surface area (Å²) in [5.41, 5.74) is 5.69. The third kappa shape index (κ3) is 4.12. The van der Waals surface area contributed by atoms with Crippen LogP contribution >= 0.6 is 11.6 Å². The maximum absolute atomic E-state index is 11.6. The summed E-state index contributed by atoms with van der Waals surface area (Å²) in [6.45, 7) is 2.05. The van der Waals surface area contributed by atoms with Gasteiger partial charge in [0.15, 0.2) is 11.0 Å². The molecule has 5 nitrogen and oxygen atoms in total. The first kappa shape index (κ1) is 12.9. The number of nitrogens with zero attached hydrogens (tertiary/aromatic N) is 2. The van der Waals surface area contributed by atoms with Gasteiger partial charge in [0.1, 0.15) is 0 Å². The molecule has 1 heterocycles. The average Bonchev–Trinajstić information content (AvgIpc) is 2.29. The van der Waals surface area contributed by atoms with Crippen LogP contribution in [0.15, 0.2) is 12.1 Å². The first-order valence-corrected chi connectivity index (χ1v) is 5.57. The van der Waals surface area contributed by atoms with Crippen molar-refractivity contribution in [3.05, 3.63) is 17.3 Å². The first-order valence-electron chi connectivity index (χ1n) is 5.19. The normalized spacial score (nSPS) is 12.2. The number of carbonyl (C=O) groups excluding carboxylic acids is 1. The minimum Gasteiger partial charge on any atom is -0.320 e. The van der Waals surface area contributed by atoms with Crippen LogP contribution in [0.5, 0.6) is 0 Å². The number of carbonyl (C=O) groups is 1. The average molecular weight is 243 g/mol. The number of nitrogens with two attached hydrogens (primary N) is 1. The van der Waals surface area contributed by atoms with Crippen LogP contribution in [0, 0.1) is 0 Å². The van der Waals surface area contributed by atoms with E-state index in [1.165, 1.54) is 0 Å². The van der Waals surface area contributed by atoms with Crippen LogP contribution in [0.4, 0.5) is 5.82 Å². The second kappa shape index (κ2) is 6.40. The Morgan fingerprint density at radius 1 is 1.56 bits per heavy atom. The summed E-state index contributed by atoms with van der Waals surface area (Å²) in [5.74, 6) is 0.117. The fourth-order valence-electron chi connectivity index (χ4n) is 1.16. The Morgan fingerprint density at radius 3 is 2.88 bits per heavy atom. The Bertz CT molecular complexity index is 341. The third-order valence-corrected chi connectivity index (χ3v) is 2.29. The molecule has 0 saturated heterocycles. The Hall–Kier alpha value is -1.20. The molecule has 0 radical (unpaired) electrons. The lowest BCUT2D eigenvalue weighted by atomic mass is 10.1. The highest BCUT2D eigenvalue weighted by Crippen LogP contribution is 2.07. The molecular formula is C10H15ClN4O. The monoisotopic (exact) mass is 242 g/mol. The van der Waals surface area contributed by atoms with Gasteiger partial charge in [0.25, 0.3) is 0 Å². The van der Waals surface area contributed by atoms with E-state index in [9.17, 15) is 4.79 Å². The molecule has 0 aliphatic heterocycles. The van der Waals surface area contributed by atoms with Crippen LogP contribution in [-0.4, -0.2) is 22.1 Å². The summed E-state index contributed by atoms with van der Waals surface area (Å²) in [5, 5.41) is 10.2. The minimum absolute atomic E-state index is 0.245. The van der Waals surface area contributed by atoms with E-state index in [0.717, 1.165) is 12.8 Å². The van der Waals surface area contributed by atoms with E-state index < -0.39 is 6.04 Å². The number of anilines is 1. The second-order valence-corrected chi connectivity index (χ2v) is 3.87. The Labute approximate surface area is 99.4 Å². The largest absolute Gasteiger partial charge is 0.320 e. The highest BCUT2D eigenvalue weighted by molar-refractivity contribution is 6.29. The van der Waals surface area contributed by atoms with E-state index >= 15 is 0 Å². The molecule has 3 N–H and O–H groups in total. The molecule has 0 aliphatic carbocycles. The first-order chi connectivity index (χ1) is 7.63. The number of halogens is 1. The predicted octanol–water partition coefficient (Wildman–Crippen LogP) is 1.59. The van der Waals surface area contributed by atoms with Crippen molar-refractivity contribution in [3.63, 3.8) is 0 Å². The summed E-state index contributed by atoms with van der Waals surface area (Å²) in [6, 6.07) is 2.64. The van der Waals surface area contributed by atoms with Gasteiger partial charge in [-0.05, 0) is 18.6 Å². The minimum atomic E-state index is -0.502. The van der Waals surface area contributed by atoms with E-state index in [0.29, 0.717) is 12.2 Å². The van der Waals surface area contributed by atoms with E-state index in [4.69, 9.17) is 17.3 Å². The van der Waals surface area contributed by atoms with Gasteiger partial charge in [-0.3, -0.25) is 4.79 Å². The van der Waals surface area contributed by atoms with Crippen LogP contribution < -0.4 is 11.1 Å². The number of nitrogens with one attached hydrogen (secondary N) is 1. The van der Waals surface area contributed by atoms with Gasteiger partial charge in [-0.1, -0.05) is 31.4 Å². The van der Waals surface area contributed by atoms with Gasteiger partial charge in [0, 0.05) is 0 Å². The molecule has 1 atom stereocenters. The molecule has 0 aliphatic rings. The van der Waals surface area contributed by atoms with Crippen molar-refractivity contribution in [3.8, 4) is 0 Å². The van der Waals surface area contributed by atoms with Crippen molar-refractivity contribution in [1.29, 1.82) is 0 Å². The molecule has 0 fully saturated rings. The van der Waals surface area contributed by atoms with E-state index in [1.54, 1.807) is 12.1 Å². The zero-order valence-corrected chi connectivity index (χ0v) is 9.87. The molecule has 0 saturated carbocycles. The Kier molecular flexibility index (Phi) is 5.14. The van der Waals surface area contributed by atoms with Crippen molar-refractivity contribution >= 4 is 23.3 Å². The van der Waals surface area contributed by atoms with Crippen LogP contribution in [0.2, 0.25) is 5.15 Å². The van der Waals surface area contributed by atoms with Crippen LogP contribution in [-0.2, 0) is 4.79 Å². The molecule has 0 unspecified atom stereocenters. The quantitative estimate of drug-likeness (QED) is 0.822. The Morgan fingerprint density at radius 2 is 2.31 bits per heavy atom. The van der Waals surface area contributed by atoms with Crippen LogP contribution in [0.3, 0.4) is 0 Å². The molecule has 0 aromatic carbocycles. The predicted molar refractivity (Wildman–Crippen MR) is 63.2 cm³/mol. The van der Waals surface area contributed by atoms with Gasteiger partial charge in [-0.25, -0.2) is 0 Å². The van der Waals surface area contributed by atoms with Gasteiger partial charge in [0.2, 0.25) is 5.91 Å². The highest BCUT2D eigenvalue weighted by Gasteiger charge is 2.13. The second-order valence-electron chi connectivity index (χ2n) is 3.48. The topological polar surface area (TPSA) is 80.9 Å². The molecule has 1 amide bonds. The van der Waals surface area contributed by atoms with Crippen molar-refractivity contribution in [1.82, 2.24) is 10.2 Å². The van der Waals surface area contributed by atoms with Crippen molar-refractivity contribution < 1.29 is 4.79 Å². The Balaban J connectivity index is 2.47. The molecule has 88 valence electrons. The lowest BCUT2D eigenvalue weighted by Gasteiger charge is -2.10. The fourth-order valence-corrected chi connectivity index (χ4v) is 1.26. The molecule has 0 spiro atoms. The molecule has 0 bridgehead atoms. The highest BCUT2D eigenvalue weighted by atomic mass is 35.5.